The molecular weight excluding hydrogens is 350 g/mol. The first-order valence-electron chi connectivity index (χ1n) is 10.3. The molecule has 0 aliphatic carbocycles. The van der Waals surface area contributed by atoms with Crippen molar-refractivity contribution in [2.24, 2.45) is 0 Å². The number of hydrogen-bond donors (Lipinski definition) is 3. The Morgan fingerprint density at radius 2 is 1.54 bits per heavy atom. The van der Waals surface area contributed by atoms with Crippen LogP contribution in [0.15, 0.2) is 54.6 Å². The van der Waals surface area contributed by atoms with Gasteiger partial charge in [-0.2, -0.15) is 0 Å². The van der Waals surface area contributed by atoms with Crippen molar-refractivity contribution in [1.29, 1.82) is 0 Å². The Bertz CT molecular complexity index is 768. The van der Waals surface area contributed by atoms with Crippen molar-refractivity contribution >= 4 is 17.5 Å². The summed E-state index contributed by atoms with van der Waals surface area (Å²) in [5, 5.41) is 5.90. The lowest BCUT2D eigenvalue weighted by atomic mass is 10.1. The number of quaternary nitrogens is 1. The summed E-state index contributed by atoms with van der Waals surface area (Å²) in [7, 11) is 0. The Morgan fingerprint density at radius 1 is 0.857 bits per heavy atom. The molecule has 5 heteroatoms. The molecule has 0 radical (unpaired) electrons. The zero-order chi connectivity index (χ0) is 19.6. The molecule has 148 valence electrons. The molecule has 1 heterocycles. The first kappa shape index (κ1) is 20.1. The maximum absolute atomic E-state index is 12.6. The van der Waals surface area contributed by atoms with Gasteiger partial charge in [0.15, 0.2) is 6.54 Å². The number of hydrogen-bond acceptors (Lipinski definition) is 2. The normalized spacial score (nSPS) is 14.9. The summed E-state index contributed by atoms with van der Waals surface area (Å²) in [5.74, 6) is -0.185. The third kappa shape index (κ3) is 6.20. The van der Waals surface area contributed by atoms with E-state index in [1.54, 1.807) is 12.1 Å². The largest absolute Gasteiger partial charge is 0.352 e. The van der Waals surface area contributed by atoms with Crippen LogP contribution >= 0.6 is 0 Å². The van der Waals surface area contributed by atoms with Gasteiger partial charge in [0.2, 0.25) is 0 Å². The smallest absolute Gasteiger partial charge is 0.279 e. The van der Waals surface area contributed by atoms with E-state index in [9.17, 15) is 9.59 Å². The van der Waals surface area contributed by atoms with Gasteiger partial charge in [-0.3, -0.25) is 9.59 Å². The van der Waals surface area contributed by atoms with E-state index in [1.807, 2.05) is 42.5 Å². The number of para-hydroxylation sites is 1. The number of amides is 2. The molecule has 1 saturated heterocycles. The van der Waals surface area contributed by atoms with Crippen LogP contribution in [0.3, 0.4) is 0 Å². The lowest BCUT2D eigenvalue weighted by molar-refractivity contribution is -0.890. The molecule has 2 amide bonds. The number of anilines is 1. The summed E-state index contributed by atoms with van der Waals surface area (Å²) in [6.07, 6.45) is 5.67. The number of carbonyl (C=O) groups excluding carboxylic acids is 2. The van der Waals surface area contributed by atoms with Gasteiger partial charge >= 0.3 is 0 Å². The standard InChI is InChI=1S/C23H29N3O2/c27-22(18-26-16-8-1-2-9-17-26)25-21-13-7-6-12-20(21)23(28)24-15-14-19-10-4-3-5-11-19/h3-7,10-13H,1-2,8-9,14-18H2,(H,24,28)(H,25,27)/p+1. The van der Waals surface area contributed by atoms with Gasteiger partial charge in [0.1, 0.15) is 0 Å². The first-order chi connectivity index (χ1) is 13.7. The summed E-state index contributed by atoms with van der Waals surface area (Å²) in [4.78, 5) is 26.4. The highest BCUT2D eigenvalue weighted by Gasteiger charge is 2.18. The van der Waals surface area contributed by atoms with Crippen molar-refractivity contribution in [3.05, 3.63) is 65.7 Å². The van der Waals surface area contributed by atoms with Gasteiger partial charge in [0.05, 0.1) is 24.3 Å². The number of nitrogens with one attached hydrogen (secondary N) is 3. The molecular formula is C23H30N3O2+. The third-order valence-corrected chi connectivity index (χ3v) is 5.21. The predicted octanol–water partition coefficient (Wildman–Crippen LogP) is 2.06. The van der Waals surface area contributed by atoms with Crippen LogP contribution in [0.4, 0.5) is 5.69 Å². The van der Waals surface area contributed by atoms with E-state index < -0.39 is 0 Å². The molecule has 0 saturated carbocycles. The highest BCUT2D eigenvalue weighted by atomic mass is 16.2. The minimum absolute atomic E-state index is 0.0264. The van der Waals surface area contributed by atoms with Gasteiger partial charge in [-0.15, -0.1) is 0 Å². The quantitative estimate of drug-likeness (QED) is 0.689. The zero-order valence-corrected chi connectivity index (χ0v) is 16.4. The summed E-state index contributed by atoms with van der Waals surface area (Å²) < 4.78 is 0. The monoisotopic (exact) mass is 380 g/mol. The van der Waals surface area contributed by atoms with E-state index in [0.29, 0.717) is 24.3 Å². The van der Waals surface area contributed by atoms with Crippen LogP contribution in [0.5, 0.6) is 0 Å². The van der Waals surface area contributed by atoms with E-state index in [0.717, 1.165) is 19.5 Å². The summed E-state index contributed by atoms with van der Waals surface area (Å²) >= 11 is 0. The molecule has 2 aromatic carbocycles. The molecule has 28 heavy (non-hydrogen) atoms. The van der Waals surface area contributed by atoms with Gasteiger partial charge < -0.3 is 15.5 Å². The Morgan fingerprint density at radius 3 is 2.29 bits per heavy atom. The average molecular weight is 381 g/mol. The van der Waals surface area contributed by atoms with Gasteiger partial charge in [0.25, 0.3) is 11.8 Å². The van der Waals surface area contributed by atoms with Crippen LogP contribution in [0.2, 0.25) is 0 Å². The maximum atomic E-state index is 12.6. The molecule has 0 spiro atoms. The van der Waals surface area contributed by atoms with Gasteiger partial charge in [-0.25, -0.2) is 0 Å². The number of carbonyl (C=O) groups is 2. The van der Waals surface area contributed by atoms with Crippen molar-refractivity contribution in [1.82, 2.24) is 5.32 Å². The molecule has 0 atom stereocenters. The Hall–Kier alpha value is -2.66. The van der Waals surface area contributed by atoms with E-state index in [2.05, 4.69) is 10.6 Å². The van der Waals surface area contributed by atoms with Gasteiger partial charge in [-0.1, -0.05) is 42.5 Å². The van der Waals surface area contributed by atoms with E-state index >= 15 is 0 Å². The second-order valence-electron chi connectivity index (χ2n) is 7.43. The molecule has 3 rings (SSSR count). The second kappa shape index (κ2) is 10.6. The Labute approximate surface area is 167 Å². The lowest BCUT2D eigenvalue weighted by Gasteiger charge is -2.17. The van der Waals surface area contributed by atoms with Crippen LogP contribution < -0.4 is 15.5 Å². The lowest BCUT2D eigenvalue weighted by Crippen LogP contribution is -3.12. The second-order valence-corrected chi connectivity index (χ2v) is 7.43. The van der Waals surface area contributed by atoms with Crippen molar-refractivity contribution in [3.8, 4) is 0 Å². The first-order valence-corrected chi connectivity index (χ1v) is 10.3. The molecule has 0 aromatic heterocycles. The highest BCUT2D eigenvalue weighted by molar-refractivity contribution is 6.03. The fourth-order valence-corrected chi connectivity index (χ4v) is 3.68. The molecule has 5 nitrogen and oxygen atoms in total. The molecule has 3 N–H and O–H groups in total. The van der Waals surface area contributed by atoms with Crippen LogP contribution in [-0.2, 0) is 11.2 Å². The molecule has 1 aliphatic rings. The minimum atomic E-state index is -0.158. The van der Waals surface area contributed by atoms with Crippen LogP contribution in [0.1, 0.15) is 41.6 Å². The van der Waals surface area contributed by atoms with Crippen molar-refractivity contribution in [2.45, 2.75) is 32.1 Å². The molecule has 2 aromatic rings. The molecule has 0 unspecified atom stereocenters. The summed E-state index contributed by atoms with van der Waals surface area (Å²) in [5.41, 5.74) is 2.28. The fourth-order valence-electron chi connectivity index (χ4n) is 3.68. The van der Waals surface area contributed by atoms with Gasteiger partial charge in [0, 0.05) is 6.54 Å². The molecule has 1 aliphatic heterocycles. The fraction of sp³-hybridized carbons (Fsp3) is 0.391. The zero-order valence-electron chi connectivity index (χ0n) is 16.4. The average Bonchev–Trinajstić information content (AvgIpc) is 2.97. The van der Waals surface area contributed by atoms with Crippen LogP contribution in [-0.4, -0.2) is 38.0 Å². The summed E-state index contributed by atoms with van der Waals surface area (Å²) in [6.45, 7) is 3.12. The highest BCUT2D eigenvalue weighted by Crippen LogP contribution is 2.14. The van der Waals surface area contributed by atoms with E-state index in [1.165, 1.54) is 36.1 Å². The SMILES string of the molecule is O=C(C[NH+]1CCCCCC1)Nc1ccccc1C(=O)NCCc1ccccc1. The number of likely N-dealkylation sites (tertiary alicyclic amines) is 1. The van der Waals surface area contributed by atoms with Crippen molar-refractivity contribution in [2.75, 3.05) is 31.5 Å². The van der Waals surface area contributed by atoms with E-state index in [-0.39, 0.29) is 11.8 Å². The van der Waals surface area contributed by atoms with Crippen LogP contribution in [0.25, 0.3) is 0 Å². The topological polar surface area (TPSA) is 62.6 Å². The number of rotatable bonds is 7. The number of benzene rings is 2. The van der Waals surface area contributed by atoms with Crippen LogP contribution in [0, 0.1) is 0 Å². The van der Waals surface area contributed by atoms with Gasteiger partial charge in [-0.05, 0) is 49.8 Å². The Balaban J connectivity index is 1.54. The predicted molar refractivity (Wildman–Crippen MR) is 112 cm³/mol. The summed E-state index contributed by atoms with van der Waals surface area (Å²) in [6, 6.07) is 17.3. The third-order valence-electron chi connectivity index (χ3n) is 5.21. The Kier molecular flexibility index (Phi) is 7.62. The van der Waals surface area contributed by atoms with Crippen molar-refractivity contribution < 1.29 is 14.5 Å². The minimum Gasteiger partial charge on any atom is -0.352 e. The van der Waals surface area contributed by atoms with E-state index in [4.69, 9.17) is 0 Å². The maximum Gasteiger partial charge on any atom is 0.279 e. The van der Waals surface area contributed by atoms with Crippen molar-refractivity contribution in [3.63, 3.8) is 0 Å². The molecule has 1 fully saturated rings. The molecule has 0 bridgehead atoms.